The van der Waals surface area contributed by atoms with E-state index in [2.05, 4.69) is 157 Å². The van der Waals surface area contributed by atoms with Gasteiger partial charge in [-0.05, 0) is 183 Å². The van der Waals surface area contributed by atoms with Crippen molar-refractivity contribution in [1.29, 1.82) is 0 Å². The summed E-state index contributed by atoms with van der Waals surface area (Å²) in [6.45, 7) is 42.3. The standard InChI is InChI=1S/C17H18N4O2S2.C15H24BNO3S.C12H24B2O4.C9H12BrNOS.C8H6BrN3OS.C5H3BrOS.C4H6O4.C2H3BO2.2CH4.Na/c18-16-12-6-14(25-15(12)13(7-20-16)17(19)22)10-5-11(24-9-10)8-21-1-3-23-4-2-21;1-14(2)15(3,4)20-16(19-14)12-9-13(21-11-12)10-17-5-7-18-8-6-17;1-9(2)10(3,4)16-13(15-9)14-17-11(5,6)12(7,8)18-14;10-8-5-9(13-7-8)6-11-1-3-12-4-2-11;9-5-1-3-6(14-5)4(8(11)13)2-12-7(3)10;6-4-1-5(2-7)8-3-4;1-3(5)7-8-4(2)6;1-2(4)5-3;;;/h5-7,9H,1-4,8H2,(H2,18,20)(H2,19,22);9,11H,5-8,10H2,1-4H3;1-8H3;5,7H,1-4,6H2;1-2H,(H2,10,12)(H2,11,13);1-3H;1-2H3;1H3;2*1H4;/q;;;;;;;-1;;;+1. The van der Waals surface area contributed by atoms with E-state index in [1.54, 1.807) is 28.7 Å². The normalized spacial score (nSPS) is 18.0. The molecule has 6 fully saturated rings. The molecule has 0 bridgehead atoms. The Morgan fingerprint density at radius 1 is 0.513 bits per heavy atom. The van der Waals surface area contributed by atoms with Crippen LogP contribution in [0.5, 0.6) is 0 Å². The van der Waals surface area contributed by atoms with Crippen LogP contribution in [0.15, 0.2) is 83.0 Å². The Kier molecular flexibility index (Phi) is 42.0. The van der Waals surface area contributed by atoms with Gasteiger partial charge in [0.1, 0.15) is 11.6 Å². The summed E-state index contributed by atoms with van der Waals surface area (Å²) in [6, 6.07) is 12.2. The second-order valence-electron chi connectivity index (χ2n) is 28.9. The number of amides is 2. The van der Waals surface area contributed by atoms with E-state index in [0.717, 1.165) is 168 Å². The number of nitrogen functional groups attached to an aromatic ring is 2. The van der Waals surface area contributed by atoms with Gasteiger partial charge in [-0.25, -0.2) is 29.3 Å². The zero-order valence-corrected chi connectivity index (χ0v) is 78.1. The van der Waals surface area contributed by atoms with Crippen LogP contribution >= 0.6 is 116 Å². The third-order valence-corrected chi connectivity index (χ3v) is 26.8. The molecule has 27 nitrogen and oxygen atoms in total. The number of hydrogen-bond acceptors (Lipinski definition) is 31. The molecule has 2 amide bonds. The molecule has 0 saturated carbocycles. The van der Waals surface area contributed by atoms with E-state index in [9.17, 15) is 28.8 Å². The maximum absolute atomic E-state index is 11.6. The number of carbonyl (C=O) groups is 6. The number of halogens is 3. The van der Waals surface area contributed by atoms with Crippen LogP contribution in [0.3, 0.4) is 0 Å². The number of ether oxygens (including phenoxy) is 3. The Labute approximate surface area is 748 Å². The van der Waals surface area contributed by atoms with Gasteiger partial charge in [0.2, 0.25) is 5.97 Å². The van der Waals surface area contributed by atoms with Crippen LogP contribution in [0.4, 0.5) is 11.6 Å². The quantitative estimate of drug-likeness (QED) is 0.0382. The third kappa shape index (κ3) is 30.8. The maximum Gasteiger partial charge on any atom is 1.00 e. The van der Waals surface area contributed by atoms with Crippen molar-refractivity contribution >= 4 is 218 Å². The number of primary amides is 2. The number of fused-ring (bicyclic) bond motifs is 2. The van der Waals surface area contributed by atoms with Crippen molar-refractivity contribution in [3.8, 4) is 10.4 Å². The molecule has 14 heterocycles. The van der Waals surface area contributed by atoms with Gasteiger partial charge >= 0.3 is 62.6 Å². The summed E-state index contributed by atoms with van der Waals surface area (Å²) in [4.78, 5) is 90.7. The van der Waals surface area contributed by atoms with Gasteiger partial charge in [-0.1, -0.05) is 14.9 Å². The summed E-state index contributed by atoms with van der Waals surface area (Å²) in [5, 5.41) is 9.88. The third-order valence-electron chi connectivity index (χ3n) is 18.8. The Morgan fingerprint density at radius 3 is 1.23 bits per heavy atom. The molecule has 0 spiro atoms. The zero-order chi connectivity index (χ0) is 82.7. The summed E-state index contributed by atoms with van der Waals surface area (Å²) in [6.07, 6.45) is 3.70. The minimum Gasteiger partial charge on any atom is -0.793 e. The summed E-state index contributed by atoms with van der Waals surface area (Å²) < 4.78 is 60.4. The van der Waals surface area contributed by atoms with Crippen LogP contribution in [0.1, 0.15) is 164 Å². The fourth-order valence-corrected chi connectivity index (χ4v) is 18.1. The molecule has 8 aromatic heterocycles. The van der Waals surface area contributed by atoms with Crippen molar-refractivity contribution in [2.24, 2.45) is 11.5 Å². The van der Waals surface area contributed by atoms with Crippen molar-refractivity contribution < 1.29 is 115 Å². The van der Waals surface area contributed by atoms with Gasteiger partial charge in [-0.2, -0.15) is 0 Å². The molecule has 0 unspecified atom stereocenters. The van der Waals surface area contributed by atoms with Gasteiger partial charge in [0.15, 0.2) is 6.29 Å². The van der Waals surface area contributed by atoms with E-state index < -0.39 is 43.7 Å². The van der Waals surface area contributed by atoms with Crippen molar-refractivity contribution in [2.75, 3.05) is 90.4 Å². The zero-order valence-electron chi connectivity index (χ0n) is 66.4. The van der Waals surface area contributed by atoms with Crippen LogP contribution < -0.4 is 58.0 Å². The molecule has 8 N–H and O–H groups in total. The molecule has 6 saturated heterocycles. The van der Waals surface area contributed by atoms with Crippen LogP contribution in [0, 0.1) is 0 Å². The van der Waals surface area contributed by atoms with Gasteiger partial charge in [0.05, 0.1) is 102 Å². The van der Waals surface area contributed by atoms with Gasteiger partial charge in [-0.3, -0.25) is 33.9 Å². The van der Waals surface area contributed by atoms with Gasteiger partial charge in [0, 0.05) is 148 Å². The van der Waals surface area contributed by atoms with E-state index in [1.165, 1.54) is 72.4 Å². The van der Waals surface area contributed by atoms with E-state index in [1.807, 2.05) is 84.2 Å². The van der Waals surface area contributed by atoms with Crippen LogP contribution in [-0.4, -0.2) is 202 Å². The largest absolute Gasteiger partial charge is 1.00 e. The number of aromatic nitrogens is 2. The van der Waals surface area contributed by atoms with Crippen molar-refractivity contribution in [3.05, 3.63) is 114 Å². The number of nitrogens with zero attached hydrogens (tertiary/aromatic N) is 5. The number of aldehydes is 1. The Hall–Kier alpha value is -4.14. The number of morpholine rings is 3. The topological polar surface area (TPSA) is 353 Å². The second-order valence-corrected chi connectivity index (χ2v) is 38.2. The number of hydrogen-bond donors (Lipinski definition) is 4. The van der Waals surface area contributed by atoms with Crippen LogP contribution in [0.25, 0.3) is 30.6 Å². The van der Waals surface area contributed by atoms with E-state index in [-0.39, 0.29) is 85.1 Å². The monoisotopic (exact) mass is 1900 g/mol. The SMILES string of the molecule is Brc1csc(CN2CCOCC2)c1.C.C.CC(=O)OOC(C)=O.CC1(C)OB(B2OC(C)(C)C(C)(C)O2)OC1(C)C.CC1(C)OB(c2csc(CN3CCOCC3)c2)OC1(C)C.NC(=O)c1cnc(N)c2cc(-c3csc(CN4CCOCC4)c3)sc12.NC(=O)c1cnc(N)c2cc(Br)sc12.O=Cc1cc(Br)cs1.[B-]OC(C)=O.[Na+]. The minimum atomic E-state index is -0.639. The molecule has 6 aliphatic rings. The van der Waals surface area contributed by atoms with E-state index in [0.29, 0.717) is 22.8 Å². The molecule has 6 aliphatic heterocycles. The number of thiophene rings is 6. The van der Waals surface area contributed by atoms with Gasteiger partial charge < -0.3 is 77.8 Å². The second kappa shape index (κ2) is 46.8. The number of nitrogens with two attached hydrogens (primary N) is 4. The Morgan fingerprint density at radius 2 is 0.870 bits per heavy atom. The number of rotatable bonds is 12. The molecule has 0 atom stereocenters. The van der Waals surface area contributed by atoms with Crippen LogP contribution in [-0.2, 0) is 90.6 Å². The fourth-order valence-electron chi connectivity index (χ4n) is 10.6. The average Bonchev–Trinajstić information content (AvgIpc) is 1.60. The summed E-state index contributed by atoms with van der Waals surface area (Å²) >= 11 is 19.7. The number of carbonyl (C=O) groups excluding carboxylic acids is 6. The molecule has 0 aromatic carbocycles. The average molecular weight is 1910 g/mol. The molecule has 41 heteroatoms. The molecule has 623 valence electrons. The first-order valence-corrected chi connectivity index (χ1v) is 42.9. The van der Waals surface area contributed by atoms with Gasteiger partial charge in [0.25, 0.3) is 11.8 Å². The van der Waals surface area contributed by atoms with Crippen molar-refractivity contribution in [2.45, 2.75) is 172 Å². The van der Waals surface area contributed by atoms with Crippen LogP contribution in [0.2, 0.25) is 0 Å². The fraction of sp³-hybridized carbons (Fsp3) is 0.514. The molecule has 0 aliphatic carbocycles. The van der Waals surface area contributed by atoms with Gasteiger partial charge in [-0.15, -0.1) is 68.0 Å². The maximum atomic E-state index is 11.6. The molecular weight excluding hydrogens is 1800 g/mol. The Balaban J connectivity index is 0.000000287. The number of pyridine rings is 2. The molecule has 115 heavy (non-hydrogen) atoms. The summed E-state index contributed by atoms with van der Waals surface area (Å²) in [7, 11) is 3.12. The summed E-state index contributed by atoms with van der Waals surface area (Å²) in [5.41, 5.74) is 23.4. The molecule has 14 rings (SSSR count). The molecular formula is C74H104B4Br3N9NaO18S6. The minimum absolute atomic E-state index is 0. The first-order valence-electron chi connectivity index (χ1n) is 35.4. The van der Waals surface area contributed by atoms with Crippen molar-refractivity contribution in [1.82, 2.24) is 24.7 Å². The predicted octanol–water partition coefficient (Wildman–Crippen LogP) is 11.0. The number of anilines is 2. The molecule has 8 aromatic rings. The van der Waals surface area contributed by atoms with E-state index >= 15 is 0 Å². The molecule has 3 radical (unpaired) electrons. The smallest absolute Gasteiger partial charge is 0.793 e. The first kappa shape index (κ1) is 103. The first-order chi connectivity index (χ1) is 52.5. The predicted molar refractivity (Wildman–Crippen MR) is 471 cm³/mol. The summed E-state index contributed by atoms with van der Waals surface area (Å²) in [5.74, 6) is -1.88. The Bertz CT molecular complexity index is 4360. The van der Waals surface area contributed by atoms with Crippen molar-refractivity contribution in [3.63, 3.8) is 0 Å². The van der Waals surface area contributed by atoms with E-state index in [4.69, 9.17) is 65.1 Å².